The van der Waals surface area contributed by atoms with Gasteiger partial charge >= 0.3 is 0 Å². The second kappa shape index (κ2) is 7.27. The van der Waals surface area contributed by atoms with Gasteiger partial charge in [0.25, 0.3) is 5.91 Å². The molecular weight excluding hydrogens is 304 g/mol. The van der Waals surface area contributed by atoms with Crippen molar-refractivity contribution in [3.63, 3.8) is 0 Å². The van der Waals surface area contributed by atoms with Gasteiger partial charge in [0.1, 0.15) is 0 Å². The van der Waals surface area contributed by atoms with Gasteiger partial charge in [-0.3, -0.25) is 9.59 Å². The number of anilines is 2. The lowest BCUT2D eigenvalue weighted by molar-refractivity contribution is -0.116. The van der Waals surface area contributed by atoms with Crippen LogP contribution in [0.3, 0.4) is 0 Å². The van der Waals surface area contributed by atoms with E-state index < -0.39 is 0 Å². The summed E-state index contributed by atoms with van der Waals surface area (Å²) < 4.78 is 5.44. The number of amides is 2. The summed E-state index contributed by atoms with van der Waals surface area (Å²) in [6, 6.07) is 13.0. The van der Waals surface area contributed by atoms with Crippen molar-refractivity contribution in [2.75, 3.05) is 17.2 Å². The predicted molar refractivity (Wildman–Crippen MR) is 93.1 cm³/mol. The smallest absolute Gasteiger partial charge is 0.255 e. The van der Waals surface area contributed by atoms with E-state index in [2.05, 4.69) is 10.6 Å². The van der Waals surface area contributed by atoms with Crippen molar-refractivity contribution < 1.29 is 14.3 Å². The molecule has 0 radical (unpaired) electrons. The van der Waals surface area contributed by atoms with Crippen molar-refractivity contribution in [3.8, 4) is 0 Å². The monoisotopic (exact) mass is 324 g/mol. The van der Waals surface area contributed by atoms with Crippen molar-refractivity contribution in [3.05, 3.63) is 59.2 Å². The Hall–Kier alpha value is -2.66. The maximum absolute atomic E-state index is 12.6. The molecule has 2 amide bonds. The largest absolute Gasteiger partial charge is 0.377 e. The molecule has 5 heteroatoms. The average Bonchev–Trinajstić information content (AvgIpc) is 2.60. The summed E-state index contributed by atoms with van der Waals surface area (Å²) >= 11 is 0. The fourth-order valence-corrected chi connectivity index (χ4v) is 2.70. The number of ether oxygens (including phenoxy) is 1. The van der Waals surface area contributed by atoms with E-state index in [0.29, 0.717) is 31.6 Å². The van der Waals surface area contributed by atoms with Crippen LogP contribution < -0.4 is 10.6 Å². The molecule has 0 atom stereocenters. The third kappa shape index (κ3) is 3.63. The first-order valence-electron chi connectivity index (χ1n) is 8.07. The quantitative estimate of drug-likeness (QED) is 0.886. The maximum Gasteiger partial charge on any atom is 0.255 e. The number of aryl methyl sites for hydroxylation is 1. The first-order chi connectivity index (χ1) is 11.7. The molecule has 0 unspecified atom stereocenters. The molecule has 1 aliphatic rings. The van der Waals surface area contributed by atoms with Crippen LogP contribution in [0.1, 0.15) is 34.8 Å². The Morgan fingerprint density at radius 3 is 2.88 bits per heavy atom. The van der Waals surface area contributed by atoms with Crippen molar-refractivity contribution in [2.45, 2.75) is 26.4 Å². The first-order valence-corrected chi connectivity index (χ1v) is 8.07. The van der Waals surface area contributed by atoms with E-state index in [0.717, 1.165) is 22.5 Å². The molecule has 24 heavy (non-hydrogen) atoms. The van der Waals surface area contributed by atoms with Crippen molar-refractivity contribution in [2.24, 2.45) is 0 Å². The standard InChI is InChI=1S/C19H20N2O3/c1-2-24-12-15-5-3-4-6-16(15)21-19(23)14-7-9-17-13(11-14)8-10-18(22)20-17/h3-7,9,11H,2,8,10,12H2,1H3,(H,20,22)(H,21,23). The Balaban J connectivity index is 1.77. The van der Waals surface area contributed by atoms with Crippen LogP contribution in [-0.2, 0) is 22.6 Å². The summed E-state index contributed by atoms with van der Waals surface area (Å²) in [5, 5.41) is 5.77. The Labute approximate surface area is 141 Å². The minimum Gasteiger partial charge on any atom is -0.377 e. The van der Waals surface area contributed by atoms with Crippen LogP contribution in [0.5, 0.6) is 0 Å². The van der Waals surface area contributed by atoms with E-state index in [1.807, 2.05) is 37.3 Å². The third-order valence-electron chi connectivity index (χ3n) is 3.99. The normalized spacial score (nSPS) is 13.1. The summed E-state index contributed by atoms with van der Waals surface area (Å²) in [4.78, 5) is 24.0. The van der Waals surface area contributed by atoms with Gasteiger partial charge in [0.15, 0.2) is 0 Å². The molecule has 0 fully saturated rings. The second-order valence-electron chi connectivity index (χ2n) is 5.67. The molecule has 2 aromatic rings. The zero-order valence-corrected chi connectivity index (χ0v) is 13.6. The van der Waals surface area contributed by atoms with Gasteiger partial charge in [-0.2, -0.15) is 0 Å². The molecule has 3 rings (SSSR count). The Morgan fingerprint density at radius 1 is 1.21 bits per heavy atom. The number of nitrogens with one attached hydrogen (secondary N) is 2. The fraction of sp³-hybridized carbons (Fsp3) is 0.263. The molecule has 0 saturated heterocycles. The van der Waals surface area contributed by atoms with Crippen LogP contribution in [0.25, 0.3) is 0 Å². The highest BCUT2D eigenvalue weighted by molar-refractivity contribution is 6.05. The highest BCUT2D eigenvalue weighted by Crippen LogP contribution is 2.24. The number of fused-ring (bicyclic) bond motifs is 1. The van der Waals surface area contributed by atoms with Crippen molar-refractivity contribution in [1.29, 1.82) is 0 Å². The summed E-state index contributed by atoms with van der Waals surface area (Å²) in [7, 11) is 0. The number of carbonyl (C=O) groups excluding carboxylic acids is 2. The number of carbonyl (C=O) groups is 2. The Bertz CT molecular complexity index is 771. The van der Waals surface area contributed by atoms with E-state index in [1.165, 1.54) is 0 Å². The third-order valence-corrected chi connectivity index (χ3v) is 3.99. The Kier molecular flexibility index (Phi) is 4.91. The van der Waals surface area contributed by atoms with Gasteiger partial charge in [0, 0.05) is 35.5 Å². The van der Waals surface area contributed by atoms with Crippen LogP contribution in [0, 0.1) is 0 Å². The van der Waals surface area contributed by atoms with Gasteiger partial charge in [-0.1, -0.05) is 18.2 Å². The number of rotatable bonds is 5. The predicted octanol–water partition coefficient (Wildman–Crippen LogP) is 3.36. The van der Waals surface area contributed by atoms with Crippen LogP contribution in [-0.4, -0.2) is 18.4 Å². The lowest BCUT2D eigenvalue weighted by atomic mass is 10.00. The SMILES string of the molecule is CCOCc1ccccc1NC(=O)c1ccc2c(c1)CCC(=O)N2. The van der Waals surface area contributed by atoms with Crippen molar-refractivity contribution >= 4 is 23.2 Å². The van der Waals surface area contributed by atoms with Gasteiger partial charge in [0.05, 0.1) is 6.61 Å². The number of benzene rings is 2. The van der Waals surface area contributed by atoms with Gasteiger partial charge in [-0.05, 0) is 43.2 Å². The molecule has 5 nitrogen and oxygen atoms in total. The van der Waals surface area contributed by atoms with Crippen LogP contribution in [0.2, 0.25) is 0 Å². The van der Waals surface area contributed by atoms with Crippen LogP contribution in [0.4, 0.5) is 11.4 Å². The summed E-state index contributed by atoms with van der Waals surface area (Å²) in [5.74, 6) is -0.150. The van der Waals surface area contributed by atoms with Gasteiger partial charge in [-0.15, -0.1) is 0 Å². The minimum absolute atomic E-state index is 0.0181. The van der Waals surface area contributed by atoms with E-state index in [1.54, 1.807) is 12.1 Å². The Morgan fingerprint density at radius 2 is 2.04 bits per heavy atom. The van der Waals surface area contributed by atoms with Gasteiger partial charge < -0.3 is 15.4 Å². The second-order valence-corrected chi connectivity index (χ2v) is 5.67. The van der Waals surface area contributed by atoms with E-state index in [-0.39, 0.29) is 11.8 Å². The molecule has 0 saturated carbocycles. The average molecular weight is 324 g/mol. The molecule has 0 spiro atoms. The highest BCUT2D eigenvalue weighted by Gasteiger charge is 2.17. The molecule has 0 aliphatic carbocycles. The molecule has 1 heterocycles. The summed E-state index contributed by atoms with van der Waals surface area (Å²) in [5.41, 5.74) is 4.06. The maximum atomic E-state index is 12.6. The molecular formula is C19H20N2O3. The van der Waals surface area contributed by atoms with Crippen molar-refractivity contribution in [1.82, 2.24) is 0 Å². The lowest BCUT2D eigenvalue weighted by Crippen LogP contribution is -2.20. The number of hydrogen-bond donors (Lipinski definition) is 2. The van der Waals surface area contributed by atoms with E-state index in [4.69, 9.17) is 4.74 Å². The lowest BCUT2D eigenvalue weighted by Gasteiger charge is -2.17. The first kappa shape index (κ1) is 16.2. The fourth-order valence-electron chi connectivity index (χ4n) is 2.70. The molecule has 2 N–H and O–H groups in total. The minimum atomic E-state index is -0.168. The summed E-state index contributed by atoms with van der Waals surface area (Å²) in [6.45, 7) is 3.02. The molecule has 124 valence electrons. The van der Waals surface area contributed by atoms with Gasteiger partial charge in [0.2, 0.25) is 5.91 Å². The molecule has 2 aromatic carbocycles. The zero-order chi connectivity index (χ0) is 16.9. The number of hydrogen-bond acceptors (Lipinski definition) is 3. The van der Waals surface area contributed by atoms with E-state index >= 15 is 0 Å². The highest BCUT2D eigenvalue weighted by atomic mass is 16.5. The molecule has 0 aromatic heterocycles. The molecule has 1 aliphatic heterocycles. The molecule has 0 bridgehead atoms. The zero-order valence-electron chi connectivity index (χ0n) is 13.6. The van der Waals surface area contributed by atoms with Gasteiger partial charge in [-0.25, -0.2) is 0 Å². The van der Waals surface area contributed by atoms with Crippen LogP contribution in [0.15, 0.2) is 42.5 Å². The number of para-hydroxylation sites is 1. The van der Waals surface area contributed by atoms with Crippen LogP contribution >= 0.6 is 0 Å². The van der Waals surface area contributed by atoms with E-state index in [9.17, 15) is 9.59 Å². The topological polar surface area (TPSA) is 67.4 Å². The summed E-state index contributed by atoms with van der Waals surface area (Å²) in [6.07, 6.45) is 1.11.